The Morgan fingerprint density at radius 3 is 2.48 bits per heavy atom. The summed E-state index contributed by atoms with van der Waals surface area (Å²) >= 11 is 0. The number of ether oxygens (including phenoxy) is 1. The lowest BCUT2D eigenvalue weighted by molar-refractivity contribution is -0.123. The van der Waals surface area contributed by atoms with Crippen LogP contribution in [0.3, 0.4) is 0 Å². The first-order valence-corrected chi connectivity index (χ1v) is 6.74. The van der Waals surface area contributed by atoms with Crippen molar-refractivity contribution in [3.05, 3.63) is 65.7 Å². The van der Waals surface area contributed by atoms with Gasteiger partial charge < -0.3 is 4.74 Å². The van der Waals surface area contributed by atoms with Crippen LogP contribution in [0.5, 0.6) is 5.75 Å². The summed E-state index contributed by atoms with van der Waals surface area (Å²) < 4.78 is 5.46. The zero-order chi connectivity index (χ0) is 15.1. The van der Waals surface area contributed by atoms with Crippen LogP contribution in [0.1, 0.15) is 18.1 Å². The van der Waals surface area contributed by atoms with E-state index < -0.39 is 0 Å². The molecule has 21 heavy (non-hydrogen) atoms. The van der Waals surface area contributed by atoms with E-state index in [0.717, 1.165) is 16.8 Å². The van der Waals surface area contributed by atoms with Crippen LogP contribution in [0, 0.1) is 6.92 Å². The lowest BCUT2D eigenvalue weighted by Crippen LogP contribution is -2.25. The maximum absolute atomic E-state index is 11.7. The van der Waals surface area contributed by atoms with Gasteiger partial charge in [-0.25, -0.2) is 5.43 Å². The van der Waals surface area contributed by atoms with E-state index in [0.29, 0.717) is 5.75 Å². The van der Waals surface area contributed by atoms with Crippen LogP contribution >= 0.6 is 0 Å². The van der Waals surface area contributed by atoms with Gasteiger partial charge in [-0.15, -0.1) is 0 Å². The molecule has 108 valence electrons. The number of amides is 1. The van der Waals surface area contributed by atoms with Crippen molar-refractivity contribution in [2.75, 3.05) is 6.61 Å². The fourth-order valence-corrected chi connectivity index (χ4v) is 1.78. The molecule has 0 radical (unpaired) electrons. The van der Waals surface area contributed by atoms with Gasteiger partial charge >= 0.3 is 0 Å². The smallest absolute Gasteiger partial charge is 0.277 e. The zero-order valence-corrected chi connectivity index (χ0v) is 12.2. The van der Waals surface area contributed by atoms with Gasteiger partial charge in [0.05, 0.1) is 5.71 Å². The van der Waals surface area contributed by atoms with Gasteiger partial charge in [-0.1, -0.05) is 48.5 Å². The van der Waals surface area contributed by atoms with Crippen LogP contribution in [0.15, 0.2) is 59.7 Å². The summed E-state index contributed by atoms with van der Waals surface area (Å²) in [4.78, 5) is 11.7. The average Bonchev–Trinajstić information content (AvgIpc) is 2.52. The molecule has 0 aliphatic heterocycles. The molecule has 0 saturated heterocycles. The largest absolute Gasteiger partial charge is 0.483 e. The number of para-hydroxylation sites is 1. The van der Waals surface area contributed by atoms with Crippen LogP contribution in [0.4, 0.5) is 0 Å². The Morgan fingerprint density at radius 2 is 1.76 bits per heavy atom. The standard InChI is InChI=1S/C17H18N2O2/c1-13-8-6-7-11-16(13)21-12-17(20)19-18-14(2)15-9-4-3-5-10-15/h3-11H,12H2,1-2H3,(H,19,20)/b18-14+. The third kappa shape index (κ3) is 4.45. The molecule has 4 nitrogen and oxygen atoms in total. The van der Waals surface area contributed by atoms with E-state index in [1.165, 1.54) is 0 Å². The minimum atomic E-state index is -0.284. The third-order valence-corrected chi connectivity index (χ3v) is 2.99. The van der Waals surface area contributed by atoms with E-state index in [4.69, 9.17) is 4.74 Å². The maximum Gasteiger partial charge on any atom is 0.277 e. The highest BCUT2D eigenvalue weighted by Gasteiger charge is 2.04. The lowest BCUT2D eigenvalue weighted by Gasteiger charge is -2.08. The topological polar surface area (TPSA) is 50.7 Å². The quantitative estimate of drug-likeness (QED) is 0.677. The Hall–Kier alpha value is -2.62. The first-order valence-electron chi connectivity index (χ1n) is 6.74. The number of nitrogens with zero attached hydrogens (tertiary/aromatic N) is 1. The minimum Gasteiger partial charge on any atom is -0.483 e. The monoisotopic (exact) mass is 282 g/mol. The van der Waals surface area contributed by atoms with Gasteiger partial charge in [-0.2, -0.15) is 5.10 Å². The molecule has 0 aromatic heterocycles. The van der Waals surface area contributed by atoms with Crippen LogP contribution in [0.25, 0.3) is 0 Å². The summed E-state index contributed by atoms with van der Waals surface area (Å²) in [5.74, 6) is 0.421. The number of carbonyl (C=O) groups is 1. The van der Waals surface area contributed by atoms with Crippen molar-refractivity contribution in [1.29, 1.82) is 0 Å². The summed E-state index contributed by atoms with van der Waals surface area (Å²) in [7, 11) is 0. The average molecular weight is 282 g/mol. The number of hydrogen-bond donors (Lipinski definition) is 1. The van der Waals surface area contributed by atoms with Crippen LogP contribution in [0.2, 0.25) is 0 Å². The number of aryl methyl sites for hydroxylation is 1. The van der Waals surface area contributed by atoms with E-state index in [-0.39, 0.29) is 12.5 Å². The zero-order valence-electron chi connectivity index (χ0n) is 12.2. The molecule has 0 aliphatic carbocycles. The summed E-state index contributed by atoms with van der Waals surface area (Å²) in [6, 6.07) is 17.2. The van der Waals surface area contributed by atoms with Gasteiger partial charge in [0.25, 0.3) is 5.91 Å². The molecule has 0 aliphatic rings. The number of hydrogen-bond acceptors (Lipinski definition) is 3. The Balaban J connectivity index is 1.87. The molecule has 2 rings (SSSR count). The van der Waals surface area contributed by atoms with Crippen molar-refractivity contribution in [3.63, 3.8) is 0 Å². The molecule has 0 fully saturated rings. The normalized spacial score (nSPS) is 11.0. The number of nitrogens with one attached hydrogen (secondary N) is 1. The summed E-state index contributed by atoms with van der Waals surface area (Å²) in [6.07, 6.45) is 0. The van der Waals surface area contributed by atoms with E-state index in [2.05, 4.69) is 10.5 Å². The molecular formula is C17H18N2O2. The molecule has 0 heterocycles. The summed E-state index contributed by atoms with van der Waals surface area (Å²) in [5.41, 5.74) is 5.21. The molecular weight excluding hydrogens is 264 g/mol. The fraction of sp³-hybridized carbons (Fsp3) is 0.176. The van der Waals surface area contributed by atoms with E-state index in [1.54, 1.807) is 0 Å². The highest BCUT2D eigenvalue weighted by atomic mass is 16.5. The summed E-state index contributed by atoms with van der Waals surface area (Å²) in [5, 5.41) is 4.07. The summed E-state index contributed by atoms with van der Waals surface area (Å²) in [6.45, 7) is 3.72. The molecule has 0 spiro atoms. The number of carbonyl (C=O) groups excluding carboxylic acids is 1. The van der Waals surface area contributed by atoms with Crippen molar-refractivity contribution >= 4 is 11.6 Å². The Morgan fingerprint density at radius 1 is 1.10 bits per heavy atom. The van der Waals surface area contributed by atoms with Gasteiger partial charge in [0.1, 0.15) is 5.75 Å². The highest BCUT2D eigenvalue weighted by Crippen LogP contribution is 2.15. The Kier molecular flexibility index (Phi) is 5.10. The van der Waals surface area contributed by atoms with Crippen molar-refractivity contribution in [2.24, 2.45) is 5.10 Å². The van der Waals surface area contributed by atoms with Gasteiger partial charge in [0.15, 0.2) is 6.61 Å². The van der Waals surface area contributed by atoms with E-state index in [9.17, 15) is 4.79 Å². The second-order valence-electron chi connectivity index (χ2n) is 4.65. The second kappa shape index (κ2) is 7.24. The van der Waals surface area contributed by atoms with Crippen molar-refractivity contribution in [3.8, 4) is 5.75 Å². The molecule has 0 unspecified atom stereocenters. The first kappa shape index (κ1) is 14.8. The molecule has 0 bridgehead atoms. The Bertz CT molecular complexity index is 636. The molecule has 2 aromatic rings. The van der Waals surface area contributed by atoms with Crippen molar-refractivity contribution < 1.29 is 9.53 Å². The van der Waals surface area contributed by atoms with Gasteiger partial charge in [0.2, 0.25) is 0 Å². The number of rotatable bonds is 5. The van der Waals surface area contributed by atoms with Gasteiger partial charge in [-0.3, -0.25) is 4.79 Å². The van der Waals surface area contributed by atoms with Gasteiger partial charge in [0, 0.05) is 0 Å². The molecule has 4 heteroatoms. The molecule has 0 saturated carbocycles. The van der Waals surface area contributed by atoms with Crippen molar-refractivity contribution in [1.82, 2.24) is 5.43 Å². The van der Waals surface area contributed by atoms with Crippen molar-refractivity contribution in [2.45, 2.75) is 13.8 Å². The highest BCUT2D eigenvalue weighted by molar-refractivity contribution is 5.99. The predicted octanol–water partition coefficient (Wildman–Crippen LogP) is 2.91. The van der Waals surface area contributed by atoms with E-state index >= 15 is 0 Å². The number of hydrazone groups is 1. The van der Waals surface area contributed by atoms with Crippen LogP contribution in [-0.2, 0) is 4.79 Å². The second-order valence-corrected chi connectivity index (χ2v) is 4.65. The van der Waals surface area contributed by atoms with E-state index in [1.807, 2.05) is 68.4 Å². The number of benzene rings is 2. The minimum absolute atomic E-state index is 0.0591. The van der Waals surface area contributed by atoms with Crippen LogP contribution < -0.4 is 10.2 Å². The van der Waals surface area contributed by atoms with Gasteiger partial charge in [-0.05, 0) is 31.0 Å². The lowest BCUT2D eigenvalue weighted by atomic mass is 10.1. The molecule has 0 atom stereocenters. The predicted molar refractivity (Wildman–Crippen MR) is 83.5 cm³/mol. The maximum atomic E-state index is 11.7. The SMILES string of the molecule is C/C(=N\NC(=O)COc1ccccc1C)c1ccccc1. The molecule has 1 N–H and O–H groups in total. The Labute approximate surface area is 124 Å². The first-order chi connectivity index (χ1) is 10.2. The molecule has 1 amide bonds. The third-order valence-electron chi connectivity index (χ3n) is 2.99. The fourth-order valence-electron chi connectivity index (χ4n) is 1.78. The van der Waals surface area contributed by atoms with Crippen LogP contribution in [-0.4, -0.2) is 18.2 Å². The molecule has 2 aromatic carbocycles.